The molecule has 0 saturated carbocycles. The molecular formula is C15H20N2O. The molecule has 0 unspecified atom stereocenters. The van der Waals surface area contributed by atoms with Gasteiger partial charge in [-0.15, -0.1) is 0 Å². The van der Waals surface area contributed by atoms with Gasteiger partial charge in [-0.2, -0.15) is 0 Å². The van der Waals surface area contributed by atoms with Gasteiger partial charge < -0.3 is 11.1 Å². The summed E-state index contributed by atoms with van der Waals surface area (Å²) in [6.45, 7) is 5.12. The van der Waals surface area contributed by atoms with Crippen molar-refractivity contribution in [3.63, 3.8) is 0 Å². The van der Waals surface area contributed by atoms with E-state index in [2.05, 4.69) is 24.1 Å². The molecule has 0 spiro atoms. The van der Waals surface area contributed by atoms with E-state index < -0.39 is 0 Å². The fourth-order valence-corrected chi connectivity index (χ4v) is 1.57. The van der Waals surface area contributed by atoms with Crippen LogP contribution in [0.4, 0.5) is 0 Å². The van der Waals surface area contributed by atoms with E-state index in [1.54, 1.807) is 6.07 Å². The second-order valence-corrected chi connectivity index (χ2v) is 4.15. The van der Waals surface area contributed by atoms with E-state index in [0.29, 0.717) is 12.1 Å². The maximum atomic E-state index is 11.8. The first-order valence-corrected chi connectivity index (χ1v) is 6.26. The number of benzene rings is 1. The molecule has 0 aromatic heterocycles. The molecule has 3 heteroatoms. The molecule has 0 radical (unpaired) electrons. The summed E-state index contributed by atoms with van der Waals surface area (Å²) in [4.78, 5) is 11.8. The topological polar surface area (TPSA) is 55.1 Å². The van der Waals surface area contributed by atoms with Crippen LogP contribution in [0.5, 0.6) is 0 Å². The van der Waals surface area contributed by atoms with Gasteiger partial charge in [0, 0.05) is 17.7 Å². The van der Waals surface area contributed by atoms with E-state index >= 15 is 0 Å². The molecule has 0 aliphatic carbocycles. The summed E-state index contributed by atoms with van der Waals surface area (Å²) in [5.74, 6) is 5.77. The van der Waals surface area contributed by atoms with Gasteiger partial charge in [0.05, 0.1) is 6.54 Å². The molecule has 1 aromatic rings. The van der Waals surface area contributed by atoms with Gasteiger partial charge in [0.15, 0.2) is 0 Å². The Bertz CT molecular complexity index is 469. The Balaban J connectivity index is 2.74. The Kier molecular flexibility index (Phi) is 5.96. The normalized spacial score (nSPS) is 9.50. The van der Waals surface area contributed by atoms with Gasteiger partial charge in [0.2, 0.25) is 0 Å². The highest BCUT2D eigenvalue weighted by Crippen LogP contribution is 2.10. The van der Waals surface area contributed by atoms with Gasteiger partial charge in [-0.25, -0.2) is 0 Å². The number of hydrogen-bond donors (Lipinski definition) is 2. The van der Waals surface area contributed by atoms with Crippen molar-refractivity contribution in [1.82, 2.24) is 5.32 Å². The molecule has 0 saturated heterocycles. The lowest BCUT2D eigenvalue weighted by Crippen LogP contribution is -2.24. The van der Waals surface area contributed by atoms with E-state index in [-0.39, 0.29) is 5.91 Å². The molecule has 96 valence electrons. The number of hydrogen-bond acceptors (Lipinski definition) is 2. The highest BCUT2D eigenvalue weighted by molar-refractivity contribution is 5.94. The van der Waals surface area contributed by atoms with Crippen LogP contribution in [0.15, 0.2) is 18.2 Å². The number of aryl methyl sites for hydroxylation is 1. The molecular weight excluding hydrogens is 224 g/mol. The monoisotopic (exact) mass is 244 g/mol. The fourth-order valence-electron chi connectivity index (χ4n) is 1.57. The van der Waals surface area contributed by atoms with Gasteiger partial charge in [0.25, 0.3) is 5.91 Å². The van der Waals surface area contributed by atoms with Crippen LogP contribution in [0, 0.1) is 18.8 Å². The molecule has 0 aliphatic rings. The van der Waals surface area contributed by atoms with Crippen LogP contribution in [-0.4, -0.2) is 19.0 Å². The minimum atomic E-state index is -0.0233. The third-order valence-electron chi connectivity index (χ3n) is 2.63. The molecule has 0 aliphatic heterocycles. The third-order valence-corrected chi connectivity index (χ3v) is 2.63. The summed E-state index contributed by atoms with van der Waals surface area (Å²) >= 11 is 0. The molecule has 0 heterocycles. The van der Waals surface area contributed by atoms with Crippen molar-refractivity contribution in [3.05, 3.63) is 34.9 Å². The molecule has 0 bridgehead atoms. The first-order chi connectivity index (χ1) is 8.69. The van der Waals surface area contributed by atoms with Crippen molar-refractivity contribution in [1.29, 1.82) is 0 Å². The standard InChI is InChI=1S/C15H20N2O/c1-3-4-10-17-15(18)14-8-7-13(6-5-9-16)12(2)11-14/h7-8,11H,3-4,9-10,16H2,1-2H3,(H,17,18). The van der Waals surface area contributed by atoms with E-state index in [1.165, 1.54) is 0 Å². The number of carbonyl (C=O) groups excluding carboxylic acids is 1. The Hall–Kier alpha value is -1.79. The van der Waals surface area contributed by atoms with Crippen LogP contribution in [0.3, 0.4) is 0 Å². The van der Waals surface area contributed by atoms with Gasteiger partial charge in [-0.3, -0.25) is 4.79 Å². The van der Waals surface area contributed by atoms with Crippen molar-refractivity contribution < 1.29 is 4.79 Å². The smallest absolute Gasteiger partial charge is 0.251 e. The number of unbranched alkanes of at least 4 members (excludes halogenated alkanes) is 1. The van der Waals surface area contributed by atoms with E-state index in [0.717, 1.165) is 30.5 Å². The summed E-state index contributed by atoms with van der Waals surface area (Å²) in [7, 11) is 0. The lowest BCUT2D eigenvalue weighted by Gasteiger charge is -2.06. The van der Waals surface area contributed by atoms with E-state index in [1.807, 2.05) is 19.1 Å². The van der Waals surface area contributed by atoms with Crippen LogP contribution in [0.2, 0.25) is 0 Å². The van der Waals surface area contributed by atoms with Gasteiger partial charge in [-0.05, 0) is 37.1 Å². The molecule has 1 rings (SSSR count). The van der Waals surface area contributed by atoms with Gasteiger partial charge in [0.1, 0.15) is 0 Å². The maximum absolute atomic E-state index is 11.8. The Morgan fingerprint density at radius 3 is 2.83 bits per heavy atom. The second-order valence-electron chi connectivity index (χ2n) is 4.15. The first-order valence-electron chi connectivity index (χ1n) is 6.26. The minimum Gasteiger partial charge on any atom is -0.352 e. The average molecular weight is 244 g/mol. The van der Waals surface area contributed by atoms with Crippen LogP contribution in [-0.2, 0) is 0 Å². The largest absolute Gasteiger partial charge is 0.352 e. The van der Waals surface area contributed by atoms with Crippen LogP contribution in [0.25, 0.3) is 0 Å². The minimum absolute atomic E-state index is 0.0233. The van der Waals surface area contributed by atoms with Gasteiger partial charge >= 0.3 is 0 Å². The summed E-state index contributed by atoms with van der Waals surface area (Å²) in [5.41, 5.74) is 7.94. The Morgan fingerprint density at radius 1 is 1.44 bits per heavy atom. The molecule has 1 aromatic carbocycles. The zero-order chi connectivity index (χ0) is 13.4. The number of carbonyl (C=O) groups is 1. The van der Waals surface area contributed by atoms with Crippen molar-refractivity contribution >= 4 is 5.91 Å². The fraction of sp³-hybridized carbons (Fsp3) is 0.400. The van der Waals surface area contributed by atoms with E-state index in [4.69, 9.17) is 5.73 Å². The summed E-state index contributed by atoms with van der Waals surface area (Å²) in [6, 6.07) is 5.53. The number of amides is 1. The average Bonchev–Trinajstić information content (AvgIpc) is 2.37. The predicted molar refractivity (Wildman–Crippen MR) is 74.4 cm³/mol. The second kappa shape index (κ2) is 7.52. The van der Waals surface area contributed by atoms with Gasteiger partial charge in [-0.1, -0.05) is 25.2 Å². The molecule has 3 nitrogen and oxygen atoms in total. The molecule has 3 N–H and O–H groups in total. The predicted octanol–water partition coefficient (Wildman–Crippen LogP) is 1.84. The highest BCUT2D eigenvalue weighted by Gasteiger charge is 2.06. The summed E-state index contributed by atoms with van der Waals surface area (Å²) in [5, 5.41) is 2.89. The summed E-state index contributed by atoms with van der Waals surface area (Å²) in [6.07, 6.45) is 2.08. The first kappa shape index (κ1) is 14.3. The Morgan fingerprint density at radius 2 is 2.22 bits per heavy atom. The van der Waals surface area contributed by atoms with Crippen molar-refractivity contribution in [2.75, 3.05) is 13.1 Å². The number of nitrogens with one attached hydrogen (secondary N) is 1. The quantitative estimate of drug-likeness (QED) is 0.627. The van der Waals surface area contributed by atoms with Crippen molar-refractivity contribution in [3.8, 4) is 11.8 Å². The van der Waals surface area contributed by atoms with Crippen LogP contribution >= 0.6 is 0 Å². The third kappa shape index (κ3) is 4.23. The zero-order valence-corrected chi connectivity index (χ0v) is 11.0. The van der Waals surface area contributed by atoms with Crippen LogP contribution < -0.4 is 11.1 Å². The lowest BCUT2D eigenvalue weighted by atomic mass is 10.0. The number of nitrogens with two attached hydrogens (primary N) is 1. The van der Waals surface area contributed by atoms with Crippen molar-refractivity contribution in [2.24, 2.45) is 5.73 Å². The molecule has 18 heavy (non-hydrogen) atoms. The van der Waals surface area contributed by atoms with Crippen molar-refractivity contribution in [2.45, 2.75) is 26.7 Å². The van der Waals surface area contributed by atoms with Crippen LogP contribution in [0.1, 0.15) is 41.3 Å². The summed E-state index contributed by atoms with van der Waals surface area (Å²) < 4.78 is 0. The Labute approximate surface area is 109 Å². The van der Waals surface area contributed by atoms with E-state index in [9.17, 15) is 4.79 Å². The zero-order valence-electron chi connectivity index (χ0n) is 11.0. The highest BCUT2D eigenvalue weighted by atomic mass is 16.1. The molecule has 1 amide bonds. The lowest BCUT2D eigenvalue weighted by molar-refractivity contribution is 0.0953. The maximum Gasteiger partial charge on any atom is 0.251 e. The number of rotatable bonds is 4. The SMILES string of the molecule is CCCCNC(=O)c1ccc(C#CCN)c(C)c1. The molecule has 0 atom stereocenters. The molecule has 0 fully saturated rings.